The van der Waals surface area contributed by atoms with Gasteiger partial charge in [0.2, 0.25) is 0 Å². The number of alkyl halides is 3. The van der Waals surface area contributed by atoms with E-state index in [2.05, 4.69) is 0 Å². The van der Waals surface area contributed by atoms with Gasteiger partial charge in [0.15, 0.2) is 0 Å². The molecule has 0 atom stereocenters. The minimum atomic E-state index is -4.01. The highest BCUT2D eigenvalue weighted by molar-refractivity contribution is 5.07. The van der Waals surface area contributed by atoms with Crippen molar-refractivity contribution in [2.75, 3.05) is 0 Å². The highest BCUT2D eigenvalue weighted by Crippen LogP contribution is 2.68. The summed E-state index contributed by atoms with van der Waals surface area (Å²) >= 11 is 0. The molecule has 12 heavy (non-hydrogen) atoms. The van der Waals surface area contributed by atoms with E-state index in [0.717, 1.165) is 0 Å². The molecule has 0 N–H and O–H groups in total. The van der Waals surface area contributed by atoms with E-state index in [4.69, 9.17) is 0 Å². The molecular weight excluding hydrogens is 165 g/mol. The minimum absolute atomic E-state index is 0.317. The molecule has 0 amide bonds. The van der Waals surface area contributed by atoms with Crippen molar-refractivity contribution in [3.8, 4) is 0 Å². The van der Waals surface area contributed by atoms with Crippen LogP contribution in [0.5, 0.6) is 0 Å². The summed E-state index contributed by atoms with van der Waals surface area (Å²) in [6.07, 6.45) is -2.78. The fourth-order valence-electron chi connectivity index (χ4n) is 1.81. The first-order chi connectivity index (χ1) is 5.27. The summed E-state index contributed by atoms with van der Waals surface area (Å²) in [6, 6.07) is 0. The molecule has 0 saturated heterocycles. The van der Waals surface area contributed by atoms with Gasteiger partial charge in [-0.25, -0.2) is 0 Å². The third-order valence-corrected chi connectivity index (χ3v) is 3.47. The lowest BCUT2D eigenvalue weighted by atomic mass is 9.73. The van der Waals surface area contributed by atoms with Crippen molar-refractivity contribution >= 4 is 0 Å². The third kappa shape index (κ3) is 1.14. The Kier molecular flexibility index (Phi) is 1.97. The Balaban J connectivity index is 2.87. The van der Waals surface area contributed by atoms with E-state index in [1.165, 1.54) is 0 Å². The summed E-state index contributed by atoms with van der Waals surface area (Å²) in [5.41, 5.74) is -1.96. The van der Waals surface area contributed by atoms with Crippen molar-refractivity contribution in [2.24, 2.45) is 10.8 Å². The van der Waals surface area contributed by atoms with Crippen molar-refractivity contribution in [1.29, 1.82) is 0 Å². The van der Waals surface area contributed by atoms with Crippen molar-refractivity contribution in [3.63, 3.8) is 0 Å². The van der Waals surface area contributed by atoms with Crippen LogP contribution in [0.4, 0.5) is 13.2 Å². The van der Waals surface area contributed by atoms with Crippen LogP contribution in [0.1, 0.15) is 40.0 Å². The summed E-state index contributed by atoms with van der Waals surface area (Å²) in [4.78, 5) is 0. The third-order valence-electron chi connectivity index (χ3n) is 3.47. The number of halogens is 3. The summed E-state index contributed by atoms with van der Waals surface area (Å²) in [7, 11) is 0. The molecule has 1 aliphatic carbocycles. The lowest BCUT2D eigenvalue weighted by Crippen LogP contribution is -2.38. The molecule has 0 aliphatic heterocycles. The van der Waals surface area contributed by atoms with Gasteiger partial charge >= 0.3 is 6.18 Å². The molecule has 1 rings (SSSR count). The van der Waals surface area contributed by atoms with E-state index >= 15 is 0 Å². The van der Waals surface area contributed by atoms with Crippen molar-refractivity contribution in [2.45, 2.75) is 46.2 Å². The predicted molar refractivity (Wildman–Crippen MR) is 41.8 cm³/mol. The van der Waals surface area contributed by atoms with Crippen LogP contribution in [0.2, 0.25) is 0 Å². The number of hydrogen-bond donors (Lipinski definition) is 0. The Hall–Kier alpha value is -0.210. The second kappa shape index (κ2) is 2.39. The van der Waals surface area contributed by atoms with E-state index in [-0.39, 0.29) is 0 Å². The second-order valence-corrected chi connectivity index (χ2v) is 4.32. The first-order valence-corrected chi connectivity index (χ1v) is 4.33. The van der Waals surface area contributed by atoms with Crippen LogP contribution in [0.15, 0.2) is 0 Å². The van der Waals surface area contributed by atoms with Crippen molar-refractivity contribution in [3.05, 3.63) is 0 Å². The van der Waals surface area contributed by atoms with Gasteiger partial charge in [0.1, 0.15) is 0 Å². The molecule has 0 spiro atoms. The molecule has 0 nitrogen and oxygen atoms in total. The van der Waals surface area contributed by atoms with Crippen LogP contribution in [0.25, 0.3) is 0 Å². The molecule has 0 aromatic rings. The summed E-state index contributed by atoms with van der Waals surface area (Å²) in [5.74, 6) is 0. The molecule has 0 radical (unpaired) electrons. The molecule has 3 heteroatoms. The molecule has 1 fully saturated rings. The molecule has 0 aromatic carbocycles. The predicted octanol–water partition coefficient (Wildman–Crippen LogP) is 3.77. The van der Waals surface area contributed by atoms with Crippen molar-refractivity contribution < 1.29 is 13.2 Å². The van der Waals surface area contributed by atoms with Gasteiger partial charge in [0.05, 0.1) is 5.41 Å². The lowest BCUT2D eigenvalue weighted by molar-refractivity contribution is -0.218. The monoisotopic (exact) mass is 180 g/mol. The van der Waals surface area contributed by atoms with E-state index in [1.807, 2.05) is 6.92 Å². The van der Waals surface area contributed by atoms with Crippen LogP contribution in [-0.4, -0.2) is 6.18 Å². The Labute approximate surface area is 71.1 Å². The Morgan fingerprint density at radius 3 is 1.67 bits per heavy atom. The standard InChI is InChI=1S/C9H15F3/c1-4-7(2,3)8(5-6-8)9(10,11)12/h4-6H2,1-3H3. The maximum atomic E-state index is 12.6. The molecule has 0 aromatic heterocycles. The summed E-state index contributed by atoms with van der Waals surface area (Å²) in [6.45, 7) is 5.26. The van der Waals surface area contributed by atoms with Gasteiger partial charge in [0.25, 0.3) is 0 Å². The largest absolute Gasteiger partial charge is 0.395 e. The lowest BCUT2D eigenvalue weighted by Gasteiger charge is -2.35. The van der Waals surface area contributed by atoms with Gasteiger partial charge in [-0.15, -0.1) is 0 Å². The van der Waals surface area contributed by atoms with Gasteiger partial charge in [-0.3, -0.25) is 0 Å². The molecule has 0 unspecified atom stereocenters. The minimum Gasteiger partial charge on any atom is -0.170 e. The smallest absolute Gasteiger partial charge is 0.170 e. The summed E-state index contributed by atoms with van der Waals surface area (Å²) < 4.78 is 37.7. The fraction of sp³-hybridized carbons (Fsp3) is 1.00. The molecule has 0 heterocycles. The Morgan fingerprint density at radius 1 is 1.17 bits per heavy atom. The van der Waals surface area contributed by atoms with Crippen LogP contribution in [0, 0.1) is 10.8 Å². The zero-order valence-electron chi connectivity index (χ0n) is 7.76. The molecular formula is C9H15F3. The summed E-state index contributed by atoms with van der Waals surface area (Å²) in [5, 5.41) is 0. The molecule has 72 valence electrons. The average molecular weight is 180 g/mol. The molecule has 1 aliphatic rings. The van der Waals surface area contributed by atoms with Crippen LogP contribution in [-0.2, 0) is 0 Å². The van der Waals surface area contributed by atoms with Crippen LogP contribution in [0.3, 0.4) is 0 Å². The molecule has 1 saturated carbocycles. The van der Waals surface area contributed by atoms with E-state index in [1.54, 1.807) is 13.8 Å². The Morgan fingerprint density at radius 2 is 1.58 bits per heavy atom. The maximum absolute atomic E-state index is 12.6. The first-order valence-electron chi connectivity index (χ1n) is 4.33. The topological polar surface area (TPSA) is 0 Å². The highest BCUT2D eigenvalue weighted by Gasteiger charge is 2.69. The number of rotatable bonds is 2. The normalized spacial score (nSPS) is 22.5. The fourth-order valence-corrected chi connectivity index (χ4v) is 1.81. The van der Waals surface area contributed by atoms with Crippen LogP contribution < -0.4 is 0 Å². The second-order valence-electron chi connectivity index (χ2n) is 4.32. The quantitative estimate of drug-likeness (QED) is 0.606. The van der Waals surface area contributed by atoms with Gasteiger partial charge in [-0.1, -0.05) is 27.2 Å². The Bertz CT molecular complexity index is 175. The van der Waals surface area contributed by atoms with Gasteiger partial charge < -0.3 is 0 Å². The van der Waals surface area contributed by atoms with E-state index in [0.29, 0.717) is 19.3 Å². The average Bonchev–Trinajstić information content (AvgIpc) is 2.63. The van der Waals surface area contributed by atoms with Gasteiger partial charge in [-0.2, -0.15) is 13.2 Å². The zero-order valence-corrected chi connectivity index (χ0v) is 7.76. The van der Waals surface area contributed by atoms with Gasteiger partial charge in [0, 0.05) is 0 Å². The van der Waals surface area contributed by atoms with Gasteiger partial charge in [-0.05, 0) is 18.3 Å². The number of hydrogen-bond acceptors (Lipinski definition) is 0. The highest BCUT2D eigenvalue weighted by atomic mass is 19.4. The SMILES string of the molecule is CCC(C)(C)C1(C(F)(F)F)CC1. The van der Waals surface area contributed by atoms with E-state index in [9.17, 15) is 13.2 Å². The zero-order chi connectivity index (χ0) is 9.62. The van der Waals surface area contributed by atoms with Crippen LogP contribution >= 0.6 is 0 Å². The maximum Gasteiger partial charge on any atom is 0.395 e. The van der Waals surface area contributed by atoms with E-state index < -0.39 is 17.0 Å². The molecule has 0 bridgehead atoms. The van der Waals surface area contributed by atoms with Crippen molar-refractivity contribution in [1.82, 2.24) is 0 Å². The first kappa shape index (κ1) is 9.87.